The molecule has 1 fully saturated rings. The van der Waals surface area contributed by atoms with Gasteiger partial charge in [0.05, 0.1) is 11.0 Å². The van der Waals surface area contributed by atoms with E-state index in [-0.39, 0.29) is 11.7 Å². The summed E-state index contributed by atoms with van der Waals surface area (Å²) >= 11 is 5.27. The molecule has 100 valence electrons. The lowest BCUT2D eigenvalue weighted by Crippen LogP contribution is -2.63. The quantitative estimate of drug-likeness (QED) is 0.481. The molecule has 0 aliphatic carbocycles. The van der Waals surface area contributed by atoms with Gasteiger partial charge in [0.15, 0.2) is 10.8 Å². The van der Waals surface area contributed by atoms with E-state index in [0.717, 1.165) is 5.56 Å². The Bertz CT molecular complexity index is 592. The molecule has 2 atom stereocenters. The number of nitrogens with zero attached hydrogens (tertiary/aromatic N) is 2. The average Bonchev–Trinajstić information content (AvgIpc) is 2.35. The molecule has 1 aromatic rings. The standard InChI is InChI=1S/C12H13N3O3S/c1-12-6-9(13-11(19)14(12)2)8-5-7(15(16)17)3-4-10(8)18-12/h3-5,9H,6H2,1-2H3,(H,13,19). The number of rotatable bonds is 1. The highest BCUT2D eigenvalue weighted by Crippen LogP contribution is 2.44. The van der Waals surface area contributed by atoms with Crippen molar-refractivity contribution >= 4 is 23.0 Å². The van der Waals surface area contributed by atoms with Crippen LogP contribution in [0.1, 0.15) is 24.9 Å². The highest BCUT2D eigenvalue weighted by Gasteiger charge is 2.46. The van der Waals surface area contributed by atoms with Crippen molar-refractivity contribution in [2.24, 2.45) is 0 Å². The van der Waals surface area contributed by atoms with Crippen molar-refractivity contribution in [2.45, 2.75) is 25.1 Å². The summed E-state index contributed by atoms with van der Waals surface area (Å²) in [6.07, 6.45) is 0.692. The van der Waals surface area contributed by atoms with Gasteiger partial charge in [-0.15, -0.1) is 0 Å². The first-order valence-corrected chi connectivity index (χ1v) is 6.33. The highest BCUT2D eigenvalue weighted by molar-refractivity contribution is 7.80. The molecule has 2 aliphatic heterocycles. The largest absolute Gasteiger partial charge is 0.468 e. The lowest BCUT2D eigenvalue weighted by molar-refractivity contribution is -0.385. The normalized spacial score (nSPS) is 28.2. The summed E-state index contributed by atoms with van der Waals surface area (Å²) in [7, 11) is 1.88. The van der Waals surface area contributed by atoms with Crippen LogP contribution in [0.5, 0.6) is 5.75 Å². The summed E-state index contributed by atoms with van der Waals surface area (Å²) in [5, 5.41) is 14.6. The fraction of sp³-hybridized carbons (Fsp3) is 0.417. The van der Waals surface area contributed by atoms with Crippen LogP contribution in [0, 0.1) is 10.1 Å². The van der Waals surface area contributed by atoms with Crippen molar-refractivity contribution in [2.75, 3.05) is 7.05 Å². The van der Waals surface area contributed by atoms with Crippen LogP contribution in [0.25, 0.3) is 0 Å². The molecule has 1 N–H and O–H groups in total. The second kappa shape index (κ2) is 3.80. The number of nitro benzene ring substituents is 1. The van der Waals surface area contributed by atoms with Gasteiger partial charge in [-0.3, -0.25) is 10.1 Å². The maximum absolute atomic E-state index is 10.8. The van der Waals surface area contributed by atoms with E-state index < -0.39 is 10.6 Å². The van der Waals surface area contributed by atoms with Gasteiger partial charge in [-0.1, -0.05) is 0 Å². The average molecular weight is 279 g/mol. The van der Waals surface area contributed by atoms with Crippen molar-refractivity contribution in [1.82, 2.24) is 10.2 Å². The summed E-state index contributed by atoms with van der Waals surface area (Å²) in [5.74, 6) is 0.672. The summed E-state index contributed by atoms with van der Waals surface area (Å²) in [6, 6.07) is 4.63. The Labute approximate surface area is 115 Å². The maximum atomic E-state index is 10.8. The third-order valence-corrected chi connectivity index (χ3v) is 4.20. The monoisotopic (exact) mass is 279 g/mol. The zero-order valence-electron chi connectivity index (χ0n) is 10.5. The molecule has 2 heterocycles. The van der Waals surface area contributed by atoms with E-state index in [9.17, 15) is 10.1 Å². The number of nitro groups is 1. The van der Waals surface area contributed by atoms with Crippen molar-refractivity contribution in [1.29, 1.82) is 0 Å². The van der Waals surface area contributed by atoms with Crippen LogP contribution >= 0.6 is 12.2 Å². The van der Waals surface area contributed by atoms with Gasteiger partial charge in [0.1, 0.15) is 5.75 Å². The van der Waals surface area contributed by atoms with Gasteiger partial charge in [-0.05, 0) is 25.2 Å². The van der Waals surface area contributed by atoms with Crippen molar-refractivity contribution in [3.8, 4) is 5.75 Å². The Morgan fingerprint density at radius 3 is 3.05 bits per heavy atom. The molecule has 2 bridgehead atoms. The number of thiocarbonyl (C=S) groups is 1. The predicted octanol–water partition coefficient (Wildman–Crippen LogP) is 1.95. The topological polar surface area (TPSA) is 67.6 Å². The summed E-state index contributed by atoms with van der Waals surface area (Å²) in [4.78, 5) is 12.3. The first-order valence-electron chi connectivity index (χ1n) is 5.92. The molecule has 0 saturated carbocycles. The molecular weight excluding hydrogens is 266 g/mol. The minimum atomic E-state index is -0.504. The first kappa shape index (κ1) is 12.2. The summed E-state index contributed by atoms with van der Waals surface area (Å²) in [6.45, 7) is 1.97. The van der Waals surface area contributed by atoms with Crippen LogP contribution in [0.3, 0.4) is 0 Å². The molecule has 1 aromatic carbocycles. The Kier molecular flexibility index (Phi) is 2.43. The van der Waals surface area contributed by atoms with Crippen molar-refractivity contribution < 1.29 is 9.66 Å². The molecule has 0 aromatic heterocycles. The van der Waals surface area contributed by atoms with Crippen LogP contribution in [0.2, 0.25) is 0 Å². The van der Waals surface area contributed by atoms with Crippen LogP contribution < -0.4 is 10.1 Å². The van der Waals surface area contributed by atoms with E-state index in [1.165, 1.54) is 6.07 Å². The number of benzene rings is 1. The second-order valence-corrected chi connectivity index (χ2v) is 5.41. The third kappa shape index (κ3) is 1.73. The van der Waals surface area contributed by atoms with Gasteiger partial charge in [0.25, 0.3) is 5.69 Å². The second-order valence-electron chi connectivity index (χ2n) is 5.02. The Morgan fingerprint density at radius 2 is 2.37 bits per heavy atom. The van der Waals surface area contributed by atoms with Gasteiger partial charge in [-0.25, -0.2) is 0 Å². The highest BCUT2D eigenvalue weighted by atomic mass is 32.1. The van der Waals surface area contributed by atoms with E-state index in [0.29, 0.717) is 17.3 Å². The fourth-order valence-electron chi connectivity index (χ4n) is 2.58. The summed E-state index contributed by atoms with van der Waals surface area (Å²) in [5.41, 5.74) is 0.357. The molecular formula is C12H13N3O3S. The lowest BCUT2D eigenvalue weighted by Gasteiger charge is -2.50. The van der Waals surface area contributed by atoms with Gasteiger partial charge in [0, 0.05) is 31.2 Å². The SMILES string of the molecule is CN1C(=S)NC2CC1(C)Oc1ccc([N+](=O)[O-])cc12. The fourth-order valence-corrected chi connectivity index (χ4v) is 2.91. The Hall–Kier alpha value is -1.89. The molecule has 0 spiro atoms. The number of non-ortho nitro benzene ring substituents is 1. The Balaban J connectivity index is 2.09. The van der Waals surface area contributed by atoms with Crippen LogP contribution in [0.15, 0.2) is 18.2 Å². The van der Waals surface area contributed by atoms with Crippen molar-refractivity contribution in [3.63, 3.8) is 0 Å². The minimum absolute atomic E-state index is 0.0441. The molecule has 6 nitrogen and oxygen atoms in total. The van der Waals surface area contributed by atoms with Crippen LogP contribution in [0.4, 0.5) is 5.69 Å². The molecule has 0 radical (unpaired) electrons. The van der Waals surface area contributed by atoms with Crippen molar-refractivity contribution in [3.05, 3.63) is 33.9 Å². The molecule has 1 saturated heterocycles. The van der Waals surface area contributed by atoms with Gasteiger partial charge in [0.2, 0.25) is 0 Å². The molecule has 3 rings (SSSR count). The Morgan fingerprint density at radius 1 is 1.63 bits per heavy atom. The van der Waals surface area contributed by atoms with Gasteiger partial charge in [-0.2, -0.15) is 0 Å². The first-order chi connectivity index (χ1) is 8.90. The number of hydrogen-bond donors (Lipinski definition) is 1. The molecule has 7 heteroatoms. The zero-order valence-corrected chi connectivity index (χ0v) is 11.4. The molecule has 2 unspecified atom stereocenters. The number of nitrogens with one attached hydrogen (secondary N) is 1. The van der Waals surface area contributed by atoms with E-state index in [1.807, 2.05) is 18.9 Å². The summed E-state index contributed by atoms with van der Waals surface area (Å²) < 4.78 is 5.98. The predicted molar refractivity (Wildman–Crippen MR) is 73.0 cm³/mol. The van der Waals surface area contributed by atoms with E-state index in [1.54, 1.807) is 12.1 Å². The van der Waals surface area contributed by atoms with Crippen LogP contribution in [-0.2, 0) is 0 Å². The van der Waals surface area contributed by atoms with Gasteiger partial charge < -0.3 is 15.0 Å². The molecule has 19 heavy (non-hydrogen) atoms. The van der Waals surface area contributed by atoms with Gasteiger partial charge >= 0.3 is 0 Å². The maximum Gasteiger partial charge on any atom is 0.270 e. The number of ether oxygens (including phenoxy) is 1. The van der Waals surface area contributed by atoms with E-state index in [4.69, 9.17) is 17.0 Å². The number of hydrogen-bond acceptors (Lipinski definition) is 4. The minimum Gasteiger partial charge on any atom is -0.468 e. The molecule has 2 aliphatic rings. The van der Waals surface area contributed by atoms with Crippen LogP contribution in [-0.4, -0.2) is 27.7 Å². The molecule has 0 amide bonds. The zero-order chi connectivity index (χ0) is 13.8. The lowest BCUT2D eigenvalue weighted by atomic mass is 9.91. The van der Waals surface area contributed by atoms with E-state index in [2.05, 4.69) is 5.32 Å². The smallest absolute Gasteiger partial charge is 0.270 e. The van der Waals surface area contributed by atoms with E-state index >= 15 is 0 Å². The number of fused-ring (bicyclic) bond motifs is 4. The third-order valence-electron chi connectivity index (χ3n) is 3.80.